The van der Waals surface area contributed by atoms with Crippen LogP contribution in [0.15, 0.2) is 76.5 Å². The lowest BCUT2D eigenvalue weighted by molar-refractivity contribution is 0.174. The summed E-state index contributed by atoms with van der Waals surface area (Å²) in [6.07, 6.45) is 0. The molecule has 0 aromatic heterocycles. The molecule has 0 saturated heterocycles. The molecule has 3 aromatic carbocycles. The van der Waals surface area contributed by atoms with Gasteiger partial charge in [-0.3, -0.25) is 9.11 Å². The Morgan fingerprint density at radius 3 is 2.53 bits per heavy atom. The van der Waals surface area contributed by atoms with Gasteiger partial charge in [0.2, 0.25) is 6.79 Å². The summed E-state index contributed by atoms with van der Waals surface area (Å²) in [5.74, 6) is 1.19. The van der Waals surface area contributed by atoms with Gasteiger partial charge < -0.3 is 14.8 Å². The molecule has 0 spiro atoms. The van der Waals surface area contributed by atoms with E-state index in [-0.39, 0.29) is 17.4 Å². The van der Waals surface area contributed by atoms with E-state index in [0.717, 1.165) is 11.1 Å². The number of hydrogen-bond donors (Lipinski definition) is 3. The van der Waals surface area contributed by atoms with Crippen LogP contribution in [0.25, 0.3) is 0 Å². The van der Waals surface area contributed by atoms with Crippen molar-refractivity contribution in [3.8, 4) is 11.5 Å². The Kier molecular flexibility index (Phi) is 5.39. The van der Waals surface area contributed by atoms with Gasteiger partial charge in [-0.15, -0.1) is 0 Å². The van der Waals surface area contributed by atoms with Gasteiger partial charge in [0, 0.05) is 13.1 Å². The van der Waals surface area contributed by atoms with Crippen LogP contribution in [0.4, 0.5) is 0 Å². The molecule has 1 atom stereocenters. The summed E-state index contributed by atoms with van der Waals surface area (Å²) >= 11 is 0. The van der Waals surface area contributed by atoms with E-state index in [1.807, 2.05) is 24.3 Å². The first-order chi connectivity index (χ1) is 15.4. The average Bonchev–Trinajstić information content (AvgIpc) is 3.37. The van der Waals surface area contributed by atoms with E-state index >= 15 is 0 Å². The SMILES string of the molecule is O=S(=O)(c1ccccc1)C1CS(O)(O)c2cccc(CNCc3ccc4c(c3)OCO4)c21. The molecule has 32 heavy (non-hydrogen) atoms. The van der Waals surface area contributed by atoms with E-state index in [4.69, 9.17) is 9.47 Å². The Bertz CT molecular complexity index is 1260. The summed E-state index contributed by atoms with van der Waals surface area (Å²) in [4.78, 5) is 0.501. The molecule has 2 aliphatic rings. The summed E-state index contributed by atoms with van der Waals surface area (Å²) in [5, 5.41) is 2.33. The monoisotopic (exact) mass is 473 g/mol. The van der Waals surface area contributed by atoms with E-state index in [0.29, 0.717) is 35.0 Å². The molecule has 0 saturated carbocycles. The third kappa shape index (κ3) is 3.76. The number of sulfone groups is 1. The zero-order valence-electron chi connectivity index (χ0n) is 17.1. The van der Waals surface area contributed by atoms with Crippen molar-refractivity contribution in [3.05, 3.63) is 83.4 Å². The Labute approximate surface area is 188 Å². The highest BCUT2D eigenvalue weighted by molar-refractivity contribution is 8.25. The fourth-order valence-corrected chi connectivity index (χ4v) is 8.69. The summed E-state index contributed by atoms with van der Waals surface area (Å²) in [6.45, 7) is 1.13. The molecule has 3 aromatic rings. The van der Waals surface area contributed by atoms with Gasteiger partial charge in [0.25, 0.3) is 0 Å². The molecule has 7 nitrogen and oxygen atoms in total. The van der Waals surface area contributed by atoms with Gasteiger partial charge in [-0.2, -0.15) is 10.6 Å². The lowest BCUT2D eigenvalue weighted by Crippen LogP contribution is -2.19. The van der Waals surface area contributed by atoms with Gasteiger partial charge >= 0.3 is 0 Å². The minimum atomic E-state index is -3.79. The molecule has 2 aliphatic heterocycles. The van der Waals surface area contributed by atoms with Crippen LogP contribution in [-0.4, -0.2) is 30.1 Å². The third-order valence-electron chi connectivity index (χ3n) is 5.74. The van der Waals surface area contributed by atoms with Crippen molar-refractivity contribution < 1.29 is 27.0 Å². The first-order valence-electron chi connectivity index (χ1n) is 10.1. The first kappa shape index (κ1) is 21.3. The van der Waals surface area contributed by atoms with Crippen molar-refractivity contribution in [2.45, 2.75) is 28.1 Å². The number of rotatable bonds is 6. The molecule has 9 heteroatoms. The molecular formula is C23H23NO6S2. The number of fused-ring (bicyclic) bond motifs is 2. The minimum absolute atomic E-state index is 0.177. The van der Waals surface area contributed by atoms with Crippen LogP contribution in [0, 0.1) is 0 Å². The predicted molar refractivity (Wildman–Crippen MR) is 122 cm³/mol. The van der Waals surface area contributed by atoms with Crippen LogP contribution < -0.4 is 14.8 Å². The molecule has 5 rings (SSSR count). The highest BCUT2D eigenvalue weighted by Gasteiger charge is 2.44. The smallest absolute Gasteiger partial charge is 0.231 e. The van der Waals surface area contributed by atoms with Crippen molar-refractivity contribution in [1.82, 2.24) is 5.32 Å². The molecule has 0 bridgehead atoms. The van der Waals surface area contributed by atoms with E-state index in [1.54, 1.807) is 42.5 Å². The summed E-state index contributed by atoms with van der Waals surface area (Å²) in [6, 6.07) is 19.1. The fraction of sp³-hybridized carbons (Fsp3) is 0.217. The van der Waals surface area contributed by atoms with Crippen LogP contribution in [0.5, 0.6) is 11.5 Å². The van der Waals surface area contributed by atoms with Gasteiger partial charge in [0.15, 0.2) is 21.3 Å². The number of benzene rings is 3. The maximum absolute atomic E-state index is 13.4. The van der Waals surface area contributed by atoms with Crippen LogP contribution in [0.3, 0.4) is 0 Å². The topological polar surface area (TPSA) is 105 Å². The Hall–Kier alpha value is -2.56. The quantitative estimate of drug-likeness (QED) is 0.489. The van der Waals surface area contributed by atoms with Crippen molar-refractivity contribution in [1.29, 1.82) is 0 Å². The zero-order chi connectivity index (χ0) is 22.3. The van der Waals surface area contributed by atoms with Gasteiger partial charge in [0.05, 0.1) is 15.5 Å². The van der Waals surface area contributed by atoms with Gasteiger partial charge in [0.1, 0.15) is 5.25 Å². The van der Waals surface area contributed by atoms with Crippen LogP contribution in [-0.2, 0) is 22.9 Å². The van der Waals surface area contributed by atoms with Crippen LogP contribution in [0.1, 0.15) is 21.9 Å². The lowest BCUT2D eigenvalue weighted by Gasteiger charge is -2.27. The standard InChI is InChI=1S/C23H23NO6S2/c25-31(26)14-22(32(27,28)18-6-2-1-3-7-18)23-17(5-4-8-21(23)31)13-24-12-16-9-10-19-20(11-16)30-15-29-19/h1-11,22,24-26H,12-15H2. The van der Waals surface area contributed by atoms with E-state index in [9.17, 15) is 17.5 Å². The summed E-state index contributed by atoms with van der Waals surface area (Å²) in [5.41, 5.74) is 2.24. The van der Waals surface area contributed by atoms with Crippen molar-refractivity contribution in [3.63, 3.8) is 0 Å². The third-order valence-corrected chi connectivity index (χ3v) is 9.89. The largest absolute Gasteiger partial charge is 0.454 e. The van der Waals surface area contributed by atoms with Crippen molar-refractivity contribution in [2.24, 2.45) is 0 Å². The van der Waals surface area contributed by atoms with Crippen molar-refractivity contribution in [2.75, 3.05) is 12.5 Å². The molecule has 0 amide bonds. The molecule has 0 radical (unpaired) electrons. The highest BCUT2D eigenvalue weighted by Crippen LogP contribution is 2.62. The normalized spacial score (nSPS) is 19.5. The summed E-state index contributed by atoms with van der Waals surface area (Å²) in [7, 11) is -6.98. The Morgan fingerprint density at radius 1 is 0.938 bits per heavy atom. The number of hydrogen-bond acceptors (Lipinski definition) is 7. The van der Waals surface area contributed by atoms with Gasteiger partial charge in [-0.25, -0.2) is 8.42 Å². The molecular weight excluding hydrogens is 450 g/mol. The summed E-state index contributed by atoms with van der Waals surface area (Å²) < 4.78 is 58.9. The molecule has 1 unspecified atom stereocenters. The van der Waals surface area contributed by atoms with E-state index < -0.39 is 25.7 Å². The van der Waals surface area contributed by atoms with Gasteiger partial charge in [-0.05, 0) is 47.0 Å². The average molecular weight is 474 g/mol. The molecule has 3 N–H and O–H groups in total. The van der Waals surface area contributed by atoms with Gasteiger partial charge in [-0.1, -0.05) is 36.4 Å². The van der Waals surface area contributed by atoms with Crippen LogP contribution >= 0.6 is 10.6 Å². The molecule has 0 fully saturated rings. The molecule has 2 heterocycles. The second kappa shape index (κ2) is 8.09. The molecule has 0 aliphatic carbocycles. The van der Waals surface area contributed by atoms with Crippen molar-refractivity contribution >= 4 is 20.4 Å². The highest BCUT2D eigenvalue weighted by atomic mass is 32.3. The molecule has 168 valence electrons. The van der Waals surface area contributed by atoms with E-state index in [2.05, 4.69) is 5.32 Å². The predicted octanol–water partition coefficient (Wildman–Crippen LogP) is 4.34. The zero-order valence-corrected chi connectivity index (χ0v) is 18.7. The fourth-order valence-electron chi connectivity index (χ4n) is 4.19. The maximum Gasteiger partial charge on any atom is 0.231 e. The number of ether oxygens (including phenoxy) is 2. The lowest BCUT2D eigenvalue weighted by atomic mass is 10.0. The Balaban J connectivity index is 1.42. The van der Waals surface area contributed by atoms with E-state index in [1.165, 1.54) is 0 Å². The Morgan fingerprint density at radius 2 is 1.72 bits per heavy atom. The second-order valence-electron chi connectivity index (χ2n) is 7.80. The van der Waals surface area contributed by atoms with Crippen LogP contribution in [0.2, 0.25) is 0 Å². The second-order valence-corrected chi connectivity index (χ2v) is 12.0. The first-order valence-corrected chi connectivity index (χ1v) is 13.4. The number of nitrogens with one attached hydrogen (secondary N) is 1. The maximum atomic E-state index is 13.4. The minimum Gasteiger partial charge on any atom is -0.454 e.